The molecule has 4 N–H and O–H groups in total. The fraction of sp³-hybridized carbons (Fsp3) is 0.375. The number of piperidine rings is 2. The summed E-state index contributed by atoms with van der Waals surface area (Å²) in [5, 5.41) is 19.6. The average Bonchev–Trinajstić information content (AvgIpc) is 3.54. The highest BCUT2D eigenvalue weighted by Gasteiger charge is 2.57. The lowest BCUT2D eigenvalue weighted by Crippen LogP contribution is -2.43. The molecule has 0 bridgehead atoms. The largest absolute Gasteiger partial charge is 0.483 e. The van der Waals surface area contributed by atoms with Gasteiger partial charge < -0.3 is 30.5 Å². The first-order valence-corrected chi connectivity index (χ1v) is 16.2. The highest BCUT2D eigenvalue weighted by molar-refractivity contribution is 6.34. The topological polar surface area (TPSA) is 189 Å². The third-order valence-corrected chi connectivity index (χ3v) is 9.48. The summed E-state index contributed by atoms with van der Waals surface area (Å²) >= 11 is 6.44. The highest BCUT2D eigenvalue weighted by atomic mass is 35.5. The van der Waals surface area contributed by atoms with Gasteiger partial charge in [-0.15, -0.1) is 0 Å². The van der Waals surface area contributed by atoms with Crippen molar-refractivity contribution in [2.24, 2.45) is 24.8 Å². The maximum atomic E-state index is 13.9. The maximum absolute atomic E-state index is 13.9. The monoisotopic (exact) mass is 728 g/mol. The van der Waals surface area contributed by atoms with Crippen LogP contribution in [-0.2, 0) is 22.8 Å². The van der Waals surface area contributed by atoms with Crippen LogP contribution in [-0.4, -0.2) is 95.7 Å². The second kappa shape index (κ2) is 14.5. The number of alkyl halides is 3. The number of halogens is 4. The molecule has 51 heavy (non-hydrogen) atoms. The van der Waals surface area contributed by atoms with Crippen molar-refractivity contribution in [3.63, 3.8) is 0 Å². The van der Waals surface area contributed by atoms with E-state index in [1.54, 1.807) is 0 Å². The zero-order valence-corrected chi connectivity index (χ0v) is 27.7. The van der Waals surface area contributed by atoms with E-state index in [4.69, 9.17) is 21.5 Å². The van der Waals surface area contributed by atoms with Gasteiger partial charge in [-0.1, -0.05) is 11.6 Å². The molecule has 0 radical (unpaired) electrons. The Balaban J connectivity index is 0.00000144. The average molecular weight is 729 g/mol. The van der Waals surface area contributed by atoms with Gasteiger partial charge in [-0.3, -0.25) is 19.2 Å². The van der Waals surface area contributed by atoms with Crippen molar-refractivity contribution >= 4 is 41.5 Å². The standard InChI is InChI=1S/C31H30ClF3N10O3.CH2O2/c1-43-23(21-15-45(30-37-7-2-8-38-30)42-25(21)31(33,34)35)12-39-26(43)28(47)40-17-3-4-18(22(32)11-17)27(46)41-24-19-13-44(14-20(19)24)29(48)16-5-9-36-10-6-16;2-1-3/h2-4,7-8,11-12,15-16,19-20,24,36H,5-6,9-10,13-14H2,1H3,(H,40,47)(H,41,46);1H,(H,2,3)/t19-,20+,24?;. The minimum absolute atomic E-state index is 0.0108. The van der Waals surface area contributed by atoms with Crippen LogP contribution in [0, 0.1) is 17.8 Å². The van der Waals surface area contributed by atoms with E-state index in [1.807, 2.05) is 4.90 Å². The van der Waals surface area contributed by atoms with Crippen molar-refractivity contribution < 1.29 is 37.5 Å². The van der Waals surface area contributed by atoms with Gasteiger partial charge >= 0.3 is 6.18 Å². The van der Waals surface area contributed by atoms with Gasteiger partial charge in [0, 0.05) is 68.2 Å². The molecule has 1 saturated carbocycles. The molecule has 3 amide bonds. The van der Waals surface area contributed by atoms with Gasteiger partial charge in [-0.2, -0.15) is 18.3 Å². The molecule has 1 unspecified atom stereocenters. The molecule has 3 aliphatic rings. The summed E-state index contributed by atoms with van der Waals surface area (Å²) in [5.74, 6) is -0.598. The van der Waals surface area contributed by atoms with Crippen LogP contribution in [0.2, 0.25) is 5.02 Å². The predicted octanol–water partition coefficient (Wildman–Crippen LogP) is 2.87. The number of carbonyl (C=O) groups excluding carboxylic acids is 3. The first kappa shape index (κ1) is 35.5. The summed E-state index contributed by atoms with van der Waals surface area (Å²) in [7, 11) is 1.41. The third kappa shape index (κ3) is 7.41. The summed E-state index contributed by atoms with van der Waals surface area (Å²) in [4.78, 5) is 61.3. The van der Waals surface area contributed by atoms with Crippen molar-refractivity contribution in [1.82, 2.24) is 44.8 Å². The van der Waals surface area contributed by atoms with E-state index < -0.39 is 17.8 Å². The summed E-state index contributed by atoms with van der Waals surface area (Å²) < 4.78 is 43.9. The molecule has 2 aliphatic heterocycles. The number of carbonyl (C=O) groups is 4. The molecule has 7 rings (SSSR count). The Bertz CT molecular complexity index is 1930. The maximum Gasteiger partial charge on any atom is 0.435 e. The van der Waals surface area contributed by atoms with Crippen molar-refractivity contribution in [3.8, 4) is 17.2 Å². The minimum Gasteiger partial charge on any atom is -0.483 e. The van der Waals surface area contributed by atoms with E-state index in [1.165, 1.54) is 48.3 Å². The number of imidazole rings is 1. The molecule has 3 aromatic heterocycles. The van der Waals surface area contributed by atoms with Crippen LogP contribution in [0.15, 0.2) is 49.1 Å². The lowest BCUT2D eigenvalue weighted by Gasteiger charge is -2.28. The fourth-order valence-electron chi connectivity index (χ4n) is 6.59. The number of benzene rings is 1. The Morgan fingerprint density at radius 2 is 1.73 bits per heavy atom. The zero-order chi connectivity index (χ0) is 36.4. The molecule has 19 heteroatoms. The number of carboxylic acid groups (broad SMARTS) is 1. The number of rotatable bonds is 7. The molecule has 3 fully saturated rings. The predicted molar refractivity (Wildman–Crippen MR) is 175 cm³/mol. The van der Waals surface area contributed by atoms with Gasteiger partial charge in [0.25, 0.3) is 18.3 Å². The van der Waals surface area contributed by atoms with Gasteiger partial charge in [-0.05, 0) is 50.2 Å². The molecular formula is C32H32ClF3N10O5. The van der Waals surface area contributed by atoms with Crippen molar-refractivity contribution in [2.45, 2.75) is 25.1 Å². The quantitative estimate of drug-likeness (QED) is 0.206. The molecule has 2 saturated heterocycles. The second-order valence-electron chi connectivity index (χ2n) is 12.3. The van der Waals surface area contributed by atoms with Gasteiger partial charge in [0.1, 0.15) is 0 Å². The van der Waals surface area contributed by atoms with Crippen LogP contribution >= 0.6 is 11.6 Å². The highest BCUT2D eigenvalue weighted by Crippen LogP contribution is 2.46. The Hall–Kier alpha value is -5.36. The Labute approximate surface area is 293 Å². The SMILES string of the molecule is Cn1c(-c2cn(-c3ncccn3)nc2C(F)(F)F)cnc1C(=O)Nc1ccc(C(=O)NC2[C@H]3CN(C(=O)C4CCNCC4)C[C@@H]23)c(Cl)c1.O=CO. The van der Waals surface area contributed by atoms with Crippen LogP contribution in [0.3, 0.4) is 0 Å². The molecule has 3 atom stereocenters. The molecule has 1 aromatic carbocycles. The molecule has 15 nitrogen and oxygen atoms in total. The van der Waals surface area contributed by atoms with Gasteiger partial charge in [0.2, 0.25) is 11.9 Å². The first-order chi connectivity index (χ1) is 24.4. The summed E-state index contributed by atoms with van der Waals surface area (Å²) in [6.07, 6.45) is 1.91. The van der Waals surface area contributed by atoms with Crippen molar-refractivity contribution in [2.75, 3.05) is 31.5 Å². The molecule has 5 heterocycles. The van der Waals surface area contributed by atoms with Gasteiger partial charge in [0.05, 0.1) is 28.0 Å². The molecule has 268 valence electrons. The molecule has 1 aliphatic carbocycles. The van der Waals surface area contributed by atoms with E-state index >= 15 is 0 Å². The molecule has 4 aromatic rings. The van der Waals surface area contributed by atoms with Crippen LogP contribution in [0.25, 0.3) is 17.2 Å². The number of hydrogen-bond donors (Lipinski definition) is 4. The Morgan fingerprint density at radius 3 is 2.35 bits per heavy atom. The number of nitrogens with one attached hydrogen (secondary N) is 3. The Morgan fingerprint density at radius 1 is 1.06 bits per heavy atom. The lowest BCUT2D eigenvalue weighted by molar-refractivity contribution is -0.141. The smallest absolute Gasteiger partial charge is 0.435 e. The number of fused-ring (bicyclic) bond motifs is 1. The van der Waals surface area contributed by atoms with E-state index in [2.05, 4.69) is 36.0 Å². The second-order valence-corrected chi connectivity index (χ2v) is 12.7. The summed E-state index contributed by atoms with van der Waals surface area (Å²) in [5.41, 5.74) is -1.04. The van der Waals surface area contributed by atoms with E-state index in [9.17, 15) is 27.6 Å². The Kier molecular flexibility index (Phi) is 10.1. The first-order valence-electron chi connectivity index (χ1n) is 15.9. The van der Waals surface area contributed by atoms with Crippen LogP contribution < -0.4 is 16.0 Å². The minimum atomic E-state index is -4.81. The normalized spacial score (nSPS) is 19.8. The molecule has 0 spiro atoms. The number of likely N-dealkylation sites (tertiary alicyclic amines) is 1. The van der Waals surface area contributed by atoms with Gasteiger partial charge in [0.15, 0.2) is 11.5 Å². The number of aromatic nitrogens is 6. The molecular weight excluding hydrogens is 697 g/mol. The van der Waals surface area contributed by atoms with E-state index in [-0.39, 0.29) is 81.4 Å². The summed E-state index contributed by atoms with van der Waals surface area (Å²) in [6, 6.07) is 5.89. The van der Waals surface area contributed by atoms with Crippen LogP contribution in [0.5, 0.6) is 0 Å². The van der Waals surface area contributed by atoms with E-state index in [0.29, 0.717) is 13.1 Å². The number of amides is 3. The van der Waals surface area contributed by atoms with Crippen LogP contribution in [0.4, 0.5) is 18.9 Å². The fourth-order valence-corrected chi connectivity index (χ4v) is 6.86. The third-order valence-electron chi connectivity index (χ3n) is 9.17. The number of anilines is 1. The van der Waals surface area contributed by atoms with Crippen LogP contribution in [0.1, 0.15) is 39.5 Å². The number of nitrogens with zero attached hydrogens (tertiary/aromatic N) is 7. The zero-order valence-electron chi connectivity index (χ0n) is 27.0. The summed E-state index contributed by atoms with van der Waals surface area (Å²) in [6.45, 7) is 2.73. The van der Waals surface area contributed by atoms with E-state index in [0.717, 1.165) is 43.0 Å². The van der Waals surface area contributed by atoms with Crippen molar-refractivity contribution in [3.05, 3.63) is 71.2 Å². The number of hydrogen-bond acceptors (Lipinski definition) is 9. The van der Waals surface area contributed by atoms with Crippen molar-refractivity contribution in [1.29, 1.82) is 0 Å². The van der Waals surface area contributed by atoms with Gasteiger partial charge in [-0.25, -0.2) is 19.6 Å². The lowest BCUT2D eigenvalue weighted by atomic mass is 9.96.